The van der Waals surface area contributed by atoms with Crippen LogP contribution in [0.2, 0.25) is 0 Å². The van der Waals surface area contributed by atoms with Crippen LogP contribution in [-0.2, 0) is 9.53 Å². The molecule has 4 nitrogen and oxygen atoms in total. The molecule has 0 spiro atoms. The second-order valence-corrected chi connectivity index (χ2v) is 4.72. The fourth-order valence-corrected chi connectivity index (χ4v) is 1.67. The van der Waals surface area contributed by atoms with E-state index in [0.717, 1.165) is 4.90 Å². The van der Waals surface area contributed by atoms with E-state index < -0.39 is 36.3 Å². The average molecular weight is 255 g/mol. The van der Waals surface area contributed by atoms with Crippen LogP contribution in [-0.4, -0.2) is 53.5 Å². The first-order valence-electron chi connectivity index (χ1n) is 5.17. The Labute approximate surface area is 97.3 Å². The molecule has 1 amide bonds. The van der Waals surface area contributed by atoms with Crippen molar-refractivity contribution in [1.82, 2.24) is 4.90 Å². The number of ether oxygens (including phenoxy) is 1. The number of hydrogen-bond acceptors (Lipinski definition) is 3. The lowest BCUT2D eigenvalue weighted by Crippen LogP contribution is -2.51. The third-order valence-electron chi connectivity index (χ3n) is 3.09. The summed E-state index contributed by atoms with van der Waals surface area (Å²) in [5.41, 5.74) is -3.98. The van der Waals surface area contributed by atoms with Gasteiger partial charge in [-0.15, -0.1) is 0 Å². The maximum atomic E-state index is 12.5. The summed E-state index contributed by atoms with van der Waals surface area (Å²) >= 11 is 0. The summed E-state index contributed by atoms with van der Waals surface area (Å²) in [7, 11) is 1.31. The highest BCUT2D eigenvalue weighted by atomic mass is 19.4. The molecule has 7 heteroatoms. The van der Waals surface area contributed by atoms with E-state index >= 15 is 0 Å². The third kappa shape index (κ3) is 2.55. The Kier molecular flexibility index (Phi) is 3.46. The number of β-amino-alcohol motifs (C(OH)–C–C–N with tert-alkyl or cyclic N) is 1. The fourth-order valence-electron chi connectivity index (χ4n) is 1.67. The van der Waals surface area contributed by atoms with Crippen LogP contribution >= 0.6 is 0 Å². The fraction of sp³-hybridized carbons (Fsp3) is 0.900. The number of aliphatic hydroxyl groups is 1. The van der Waals surface area contributed by atoms with Crippen LogP contribution in [0.15, 0.2) is 0 Å². The molecule has 1 aliphatic heterocycles. The molecule has 1 aliphatic rings. The molecule has 1 saturated heterocycles. The zero-order valence-electron chi connectivity index (χ0n) is 9.97. The van der Waals surface area contributed by atoms with Crippen molar-refractivity contribution in [1.29, 1.82) is 0 Å². The van der Waals surface area contributed by atoms with Crippen molar-refractivity contribution >= 4 is 5.91 Å². The SMILES string of the molecule is COC(C)(C)C(=O)N1CCC(O)(C(F)(F)F)C1. The van der Waals surface area contributed by atoms with Crippen molar-refractivity contribution in [3.05, 3.63) is 0 Å². The molecule has 0 radical (unpaired) electrons. The number of likely N-dealkylation sites (tertiary alicyclic amines) is 1. The zero-order valence-corrected chi connectivity index (χ0v) is 9.97. The van der Waals surface area contributed by atoms with E-state index in [1.807, 2.05) is 0 Å². The van der Waals surface area contributed by atoms with Crippen molar-refractivity contribution in [2.24, 2.45) is 0 Å². The van der Waals surface area contributed by atoms with Gasteiger partial charge in [0, 0.05) is 20.1 Å². The molecule has 1 rings (SSSR count). The molecular weight excluding hydrogens is 239 g/mol. The molecule has 0 bridgehead atoms. The van der Waals surface area contributed by atoms with E-state index in [-0.39, 0.29) is 6.54 Å². The predicted octanol–water partition coefficient (Wildman–Crippen LogP) is 0.937. The number of alkyl halides is 3. The Balaban J connectivity index is 2.79. The highest BCUT2D eigenvalue weighted by Gasteiger charge is 2.58. The highest BCUT2D eigenvalue weighted by Crippen LogP contribution is 2.38. The lowest BCUT2D eigenvalue weighted by atomic mass is 10.0. The van der Waals surface area contributed by atoms with E-state index in [1.54, 1.807) is 0 Å². The van der Waals surface area contributed by atoms with Crippen LogP contribution < -0.4 is 0 Å². The van der Waals surface area contributed by atoms with Crippen LogP contribution in [0.1, 0.15) is 20.3 Å². The molecule has 0 aromatic carbocycles. The van der Waals surface area contributed by atoms with Crippen LogP contribution in [0.4, 0.5) is 13.2 Å². The summed E-state index contributed by atoms with van der Waals surface area (Å²) in [6.45, 7) is 2.09. The molecule has 1 atom stereocenters. The largest absolute Gasteiger partial charge is 0.419 e. The molecule has 0 aliphatic carbocycles. The maximum Gasteiger partial charge on any atom is 0.419 e. The van der Waals surface area contributed by atoms with Crippen molar-refractivity contribution in [3.63, 3.8) is 0 Å². The van der Waals surface area contributed by atoms with Crippen molar-refractivity contribution < 1.29 is 27.8 Å². The molecule has 1 N–H and O–H groups in total. The number of carbonyl (C=O) groups is 1. The van der Waals surface area contributed by atoms with Gasteiger partial charge in [0.25, 0.3) is 5.91 Å². The second-order valence-electron chi connectivity index (χ2n) is 4.72. The number of carbonyl (C=O) groups excluding carboxylic acids is 1. The van der Waals surface area contributed by atoms with Gasteiger partial charge in [0.2, 0.25) is 0 Å². The molecule has 0 aromatic heterocycles. The standard InChI is InChI=1S/C10H16F3NO3/c1-8(2,17-3)7(15)14-5-4-9(16,6-14)10(11,12)13/h16H,4-6H2,1-3H3. The van der Waals surface area contributed by atoms with Crippen molar-refractivity contribution in [2.45, 2.75) is 37.6 Å². The molecule has 0 aromatic rings. The quantitative estimate of drug-likeness (QED) is 0.798. The lowest BCUT2D eigenvalue weighted by molar-refractivity contribution is -0.253. The van der Waals surface area contributed by atoms with Crippen LogP contribution in [0.3, 0.4) is 0 Å². The van der Waals surface area contributed by atoms with Gasteiger partial charge < -0.3 is 14.7 Å². The van der Waals surface area contributed by atoms with E-state index in [1.165, 1.54) is 21.0 Å². The molecule has 1 heterocycles. The Morgan fingerprint density at radius 1 is 1.41 bits per heavy atom. The minimum Gasteiger partial charge on any atom is -0.379 e. The van der Waals surface area contributed by atoms with Gasteiger partial charge in [-0.25, -0.2) is 0 Å². The summed E-state index contributed by atoms with van der Waals surface area (Å²) in [5, 5.41) is 9.43. The molecule has 1 unspecified atom stereocenters. The summed E-state index contributed by atoms with van der Waals surface area (Å²) in [5.74, 6) is -0.555. The summed E-state index contributed by atoms with van der Waals surface area (Å²) in [6.07, 6.45) is -5.22. The smallest absolute Gasteiger partial charge is 0.379 e. The number of amides is 1. The second kappa shape index (κ2) is 4.13. The van der Waals surface area contributed by atoms with Crippen molar-refractivity contribution in [3.8, 4) is 0 Å². The van der Waals surface area contributed by atoms with Crippen LogP contribution in [0.5, 0.6) is 0 Å². The van der Waals surface area contributed by atoms with E-state index in [4.69, 9.17) is 4.74 Å². The van der Waals surface area contributed by atoms with E-state index in [2.05, 4.69) is 0 Å². The first kappa shape index (κ1) is 14.2. The van der Waals surface area contributed by atoms with Gasteiger partial charge in [0.15, 0.2) is 5.60 Å². The molecular formula is C10H16F3NO3. The number of halogens is 3. The average Bonchev–Trinajstić information content (AvgIpc) is 2.60. The Morgan fingerprint density at radius 3 is 2.29 bits per heavy atom. The van der Waals surface area contributed by atoms with Gasteiger partial charge in [-0.2, -0.15) is 13.2 Å². The molecule has 17 heavy (non-hydrogen) atoms. The van der Waals surface area contributed by atoms with Gasteiger partial charge in [-0.1, -0.05) is 0 Å². The number of nitrogens with zero attached hydrogens (tertiary/aromatic N) is 1. The van der Waals surface area contributed by atoms with E-state index in [9.17, 15) is 23.1 Å². The summed E-state index contributed by atoms with van der Waals surface area (Å²) in [4.78, 5) is 12.8. The van der Waals surface area contributed by atoms with Gasteiger partial charge in [0.1, 0.15) is 5.60 Å². The van der Waals surface area contributed by atoms with Gasteiger partial charge in [0.05, 0.1) is 6.54 Å². The number of hydrogen-bond donors (Lipinski definition) is 1. The summed E-state index contributed by atoms with van der Waals surface area (Å²) < 4.78 is 42.5. The Morgan fingerprint density at radius 2 is 1.94 bits per heavy atom. The summed E-state index contributed by atoms with van der Waals surface area (Å²) in [6, 6.07) is 0. The normalized spacial score (nSPS) is 26.4. The van der Waals surface area contributed by atoms with Gasteiger partial charge in [-0.05, 0) is 13.8 Å². The maximum absolute atomic E-state index is 12.5. The van der Waals surface area contributed by atoms with Gasteiger partial charge >= 0.3 is 6.18 Å². The van der Waals surface area contributed by atoms with Crippen molar-refractivity contribution in [2.75, 3.05) is 20.2 Å². The zero-order chi connectivity index (χ0) is 13.5. The van der Waals surface area contributed by atoms with Crippen LogP contribution in [0, 0.1) is 0 Å². The minimum absolute atomic E-state index is 0.123. The molecule has 1 fully saturated rings. The number of methoxy groups -OCH3 is 1. The molecule has 100 valence electrons. The Bertz CT molecular complexity index is 316. The first-order chi connectivity index (χ1) is 7.53. The third-order valence-corrected chi connectivity index (χ3v) is 3.09. The van der Waals surface area contributed by atoms with E-state index in [0.29, 0.717) is 0 Å². The lowest BCUT2D eigenvalue weighted by Gasteiger charge is -2.30. The molecule has 0 saturated carbocycles. The first-order valence-corrected chi connectivity index (χ1v) is 5.17. The van der Waals surface area contributed by atoms with Crippen LogP contribution in [0.25, 0.3) is 0 Å². The minimum atomic E-state index is -4.72. The number of rotatable bonds is 2. The van der Waals surface area contributed by atoms with Gasteiger partial charge in [-0.3, -0.25) is 4.79 Å². The Hall–Kier alpha value is -0.820. The topological polar surface area (TPSA) is 49.8 Å². The highest BCUT2D eigenvalue weighted by molar-refractivity contribution is 5.84. The monoisotopic (exact) mass is 255 g/mol. The predicted molar refractivity (Wildman–Crippen MR) is 53.3 cm³/mol.